The Hall–Kier alpha value is -0.820. The predicted molar refractivity (Wildman–Crippen MR) is 92.8 cm³/mol. The fourth-order valence-electron chi connectivity index (χ4n) is 2.43. The van der Waals surface area contributed by atoms with E-state index in [0.29, 0.717) is 10.8 Å². The van der Waals surface area contributed by atoms with Crippen LogP contribution in [0.1, 0.15) is 65.5 Å². The normalized spacial score (nSPS) is 12.7. The lowest BCUT2D eigenvalue weighted by atomic mass is 9.88. The molecule has 0 aliphatic heterocycles. The summed E-state index contributed by atoms with van der Waals surface area (Å²) in [6, 6.07) is 9.03. The molecule has 120 valence electrons. The third-order valence-electron chi connectivity index (χ3n) is 3.51. The molecule has 21 heavy (non-hydrogen) atoms. The summed E-state index contributed by atoms with van der Waals surface area (Å²) in [5.74, 6) is 0. The quantitative estimate of drug-likeness (QED) is 0.589. The van der Waals surface area contributed by atoms with Crippen LogP contribution in [0, 0.1) is 10.8 Å². The molecule has 1 rings (SSSR count). The van der Waals surface area contributed by atoms with Crippen molar-refractivity contribution in [1.29, 1.82) is 0 Å². The Balaban J connectivity index is 2.21. The van der Waals surface area contributed by atoms with Gasteiger partial charge in [0.1, 0.15) is 0 Å². The lowest BCUT2D eigenvalue weighted by Gasteiger charge is -2.18. The van der Waals surface area contributed by atoms with Gasteiger partial charge in [-0.05, 0) is 47.6 Å². The van der Waals surface area contributed by atoms with Gasteiger partial charge in [0.15, 0.2) is 0 Å². The molecule has 1 nitrogen and oxygen atoms in total. The number of hydrogen-bond donors (Lipinski definition) is 0. The molecule has 0 amide bonds. The molecular weight excluding hydrogens is 256 g/mol. The Kier molecular flexibility index (Phi) is 6.93. The van der Waals surface area contributed by atoms with Crippen LogP contribution in [0.15, 0.2) is 24.3 Å². The Morgan fingerprint density at radius 2 is 1.33 bits per heavy atom. The third-order valence-corrected chi connectivity index (χ3v) is 3.51. The van der Waals surface area contributed by atoms with E-state index in [0.717, 1.165) is 32.5 Å². The van der Waals surface area contributed by atoms with Gasteiger partial charge in [0, 0.05) is 6.61 Å². The Morgan fingerprint density at radius 1 is 0.762 bits per heavy atom. The fraction of sp³-hybridized carbons (Fsp3) is 0.700. The van der Waals surface area contributed by atoms with Gasteiger partial charge < -0.3 is 4.74 Å². The van der Waals surface area contributed by atoms with E-state index in [-0.39, 0.29) is 0 Å². The second-order valence-corrected chi connectivity index (χ2v) is 8.58. The zero-order chi connectivity index (χ0) is 15.9. The van der Waals surface area contributed by atoms with Crippen LogP contribution in [0.5, 0.6) is 0 Å². The minimum absolute atomic E-state index is 0.359. The summed E-state index contributed by atoms with van der Waals surface area (Å²) >= 11 is 0. The molecule has 0 N–H and O–H groups in total. The SMILES string of the molecule is CC(C)(C)CCCOCCc1ccc(CC(C)(C)C)cc1. The molecule has 0 bridgehead atoms. The van der Waals surface area contributed by atoms with E-state index in [1.54, 1.807) is 0 Å². The molecule has 0 saturated heterocycles. The highest BCUT2D eigenvalue weighted by atomic mass is 16.5. The molecule has 0 spiro atoms. The van der Waals surface area contributed by atoms with Gasteiger partial charge in [-0.1, -0.05) is 65.8 Å². The molecule has 1 aromatic rings. The summed E-state index contributed by atoms with van der Waals surface area (Å²) in [5.41, 5.74) is 3.59. The van der Waals surface area contributed by atoms with E-state index in [1.807, 2.05) is 0 Å². The summed E-state index contributed by atoms with van der Waals surface area (Å²) in [7, 11) is 0. The lowest BCUT2D eigenvalue weighted by molar-refractivity contribution is 0.125. The number of benzene rings is 1. The second-order valence-electron chi connectivity index (χ2n) is 8.58. The zero-order valence-corrected chi connectivity index (χ0v) is 15.0. The average molecular weight is 290 g/mol. The van der Waals surface area contributed by atoms with Crippen molar-refractivity contribution in [3.8, 4) is 0 Å². The topological polar surface area (TPSA) is 9.23 Å². The molecule has 0 unspecified atom stereocenters. The first kappa shape index (κ1) is 18.2. The smallest absolute Gasteiger partial charge is 0.0506 e. The van der Waals surface area contributed by atoms with Crippen LogP contribution >= 0.6 is 0 Å². The molecule has 0 heterocycles. The standard InChI is InChI=1S/C20H34O/c1-19(2,3)13-7-14-21-15-12-17-8-10-18(11-9-17)16-20(4,5)6/h8-11H,7,12-16H2,1-6H3. The van der Waals surface area contributed by atoms with Gasteiger partial charge in [-0.15, -0.1) is 0 Å². The van der Waals surface area contributed by atoms with Crippen LogP contribution in [0.2, 0.25) is 0 Å². The first-order chi connectivity index (χ1) is 9.66. The zero-order valence-electron chi connectivity index (χ0n) is 15.0. The van der Waals surface area contributed by atoms with Crippen LogP contribution in [-0.4, -0.2) is 13.2 Å². The number of ether oxygens (including phenoxy) is 1. The van der Waals surface area contributed by atoms with Gasteiger partial charge in [-0.3, -0.25) is 0 Å². The largest absolute Gasteiger partial charge is 0.381 e. The molecular formula is C20H34O. The Morgan fingerprint density at radius 3 is 1.86 bits per heavy atom. The van der Waals surface area contributed by atoms with Crippen LogP contribution < -0.4 is 0 Å². The molecule has 0 atom stereocenters. The molecule has 0 aliphatic rings. The van der Waals surface area contributed by atoms with E-state index in [4.69, 9.17) is 4.74 Å². The summed E-state index contributed by atoms with van der Waals surface area (Å²) < 4.78 is 5.74. The Labute approximate surface area is 132 Å². The predicted octanol–water partition coefficient (Wildman–Crippen LogP) is 5.66. The number of hydrogen-bond acceptors (Lipinski definition) is 1. The molecule has 0 fully saturated rings. The highest BCUT2D eigenvalue weighted by Gasteiger charge is 2.11. The maximum absolute atomic E-state index is 5.74. The van der Waals surface area contributed by atoms with Gasteiger partial charge in [0.25, 0.3) is 0 Å². The molecule has 0 aromatic heterocycles. The second kappa shape index (κ2) is 7.98. The van der Waals surface area contributed by atoms with E-state index < -0.39 is 0 Å². The van der Waals surface area contributed by atoms with E-state index in [2.05, 4.69) is 65.8 Å². The lowest BCUT2D eigenvalue weighted by Crippen LogP contribution is -2.09. The highest BCUT2D eigenvalue weighted by molar-refractivity contribution is 5.23. The van der Waals surface area contributed by atoms with Crippen molar-refractivity contribution < 1.29 is 4.74 Å². The van der Waals surface area contributed by atoms with Crippen molar-refractivity contribution >= 4 is 0 Å². The molecule has 0 saturated carbocycles. The average Bonchev–Trinajstić information content (AvgIpc) is 2.32. The maximum Gasteiger partial charge on any atom is 0.0506 e. The van der Waals surface area contributed by atoms with Gasteiger partial charge in [-0.25, -0.2) is 0 Å². The summed E-state index contributed by atoms with van der Waals surface area (Å²) in [4.78, 5) is 0. The number of rotatable bonds is 7. The fourth-order valence-corrected chi connectivity index (χ4v) is 2.43. The first-order valence-corrected chi connectivity index (χ1v) is 8.31. The van der Waals surface area contributed by atoms with Crippen LogP contribution in [-0.2, 0) is 17.6 Å². The summed E-state index contributed by atoms with van der Waals surface area (Å²) in [5, 5.41) is 0. The maximum atomic E-state index is 5.74. The van der Waals surface area contributed by atoms with Crippen LogP contribution in [0.3, 0.4) is 0 Å². The van der Waals surface area contributed by atoms with Crippen LogP contribution in [0.4, 0.5) is 0 Å². The van der Waals surface area contributed by atoms with Gasteiger partial charge in [0.2, 0.25) is 0 Å². The minimum atomic E-state index is 0.359. The first-order valence-electron chi connectivity index (χ1n) is 8.31. The molecule has 1 heteroatoms. The minimum Gasteiger partial charge on any atom is -0.381 e. The monoisotopic (exact) mass is 290 g/mol. The molecule has 0 aliphatic carbocycles. The van der Waals surface area contributed by atoms with E-state index in [9.17, 15) is 0 Å². The van der Waals surface area contributed by atoms with Crippen molar-refractivity contribution in [3.63, 3.8) is 0 Å². The van der Waals surface area contributed by atoms with Crippen molar-refractivity contribution in [2.45, 2.75) is 67.2 Å². The summed E-state index contributed by atoms with van der Waals surface area (Å²) in [6.45, 7) is 15.4. The molecule has 1 aromatic carbocycles. The van der Waals surface area contributed by atoms with Gasteiger partial charge >= 0.3 is 0 Å². The highest BCUT2D eigenvalue weighted by Crippen LogP contribution is 2.21. The van der Waals surface area contributed by atoms with Crippen molar-refractivity contribution in [2.75, 3.05) is 13.2 Å². The van der Waals surface area contributed by atoms with Crippen molar-refractivity contribution in [3.05, 3.63) is 35.4 Å². The third kappa shape index (κ3) is 9.68. The van der Waals surface area contributed by atoms with Gasteiger partial charge in [0.05, 0.1) is 6.61 Å². The van der Waals surface area contributed by atoms with E-state index >= 15 is 0 Å². The van der Waals surface area contributed by atoms with Crippen molar-refractivity contribution in [2.24, 2.45) is 10.8 Å². The van der Waals surface area contributed by atoms with Crippen LogP contribution in [0.25, 0.3) is 0 Å². The van der Waals surface area contributed by atoms with Gasteiger partial charge in [-0.2, -0.15) is 0 Å². The Bertz CT molecular complexity index is 389. The van der Waals surface area contributed by atoms with E-state index in [1.165, 1.54) is 17.5 Å². The summed E-state index contributed by atoms with van der Waals surface area (Å²) in [6.07, 6.45) is 4.55. The van der Waals surface area contributed by atoms with Crippen molar-refractivity contribution in [1.82, 2.24) is 0 Å². The molecule has 0 radical (unpaired) electrons.